The summed E-state index contributed by atoms with van der Waals surface area (Å²) >= 11 is 0. The summed E-state index contributed by atoms with van der Waals surface area (Å²) in [5.41, 5.74) is 5.30. The maximum Gasteiger partial charge on any atom is 0.0629 e. The molecule has 0 spiro atoms. The van der Waals surface area contributed by atoms with E-state index in [1.165, 1.54) is 16.3 Å². The van der Waals surface area contributed by atoms with Crippen LogP contribution in [-0.4, -0.2) is 0 Å². The molecule has 0 atom stereocenters. The van der Waals surface area contributed by atoms with Crippen LogP contribution in [0.15, 0.2) is 145 Å². The van der Waals surface area contributed by atoms with E-state index >= 15 is 0 Å². The molecule has 0 aliphatic rings. The van der Waals surface area contributed by atoms with Crippen LogP contribution in [-0.2, 0) is 0 Å². The van der Waals surface area contributed by atoms with E-state index in [2.05, 4.69) is 78.9 Å². The summed E-state index contributed by atoms with van der Waals surface area (Å²) in [6.07, 6.45) is 0. The third kappa shape index (κ3) is 3.31. The smallest absolute Gasteiger partial charge is 0.0622 e. The van der Waals surface area contributed by atoms with Crippen LogP contribution in [0.3, 0.4) is 0 Å². The van der Waals surface area contributed by atoms with E-state index in [-0.39, 0.29) is 35.8 Å². The van der Waals surface area contributed by atoms with Crippen LogP contribution in [0.1, 0.15) is 6.85 Å². The Morgan fingerprint density at radius 3 is 1.44 bits per heavy atom. The minimum Gasteiger partial charge on any atom is -0.0622 e. The number of rotatable bonds is 3. The summed E-state index contributed by atoms with van der Waals surface area (Å²) in [5.74, 6) is 0. The Labute approximate surface area is 218 Å². The first-order valence-corrected chi connectivity index (χ1v) is 12.0. The van der Waals surface area contributed by atoms with Crippen LogP contribution >= 0.6 is 0 Å². The first-order valence-electron chi connectivity index (χ1n) is 14.5. The molecular formula is C36H24. The van der Waals surface area contributed by atoms with Crippen LogP contribution < -0.4 is 0 Å². The Morgan fingerprint density at radius 1 is 0.361 bits per heavy atom. The van der Waals surface area contributed by atoms with Gasteiger partial charge >= 0.3 is 0 Å². The molecule has 0 nitrogen and oxygen atoms in total. The highest BCUT2D eigenvalue weighted by Gasteiger charge is 2.16. The van der Waals surface area contributed by atoms with Gasteiger partial charge in [0.05, 0.1) is 6.85 Å². The van der Waals surface area contributed by atoms with Crippen molar-refractivity contribution < 1.29 is 6.85 Å². The molecule has 0 unspecified atom stereocenters. The van der Waals surface area contributed by atoms with Crippen molar-refractivity contribution >= 4 is 32.3 Å². The molecule has 0 aliphatic carbocycles. The van der Waals surface area contributed by atoms with Crippen molar-refractivity contribution in [3.8, 4) is 33.4 Å². The fourth-order valence-electron chi connectivity index (χ4n) is 5.38. The molecule has 0 aromatic heterocycles. The molecule has 0 N–H and O–H groups in total. The maximum absolute atomic E-state index is 8.73. The molecule has 36 heavy (non-hydrogen) atoms. The van der Waals surface area contributed by atoms with Gasteiger partial charge in [0.1, 0.15) is 0 Å². The van der Waals surface area contributed by atoms with Gasteiger partial charge in [-0.15, -0.1) is 0 Å². The lowest BCUT2D eigenvalue weighted by molar-refractivity contribution is 1.63. The molecule has 0 radical (unpaired) electrons. The number of hydrogen-bond acceptors (Lipinski definition) is 0. The Hall–Kier alpha value is -4.68. The summed E-state index contributed by atoms with van der Waals surface area (Å²) in [7, 11) is 0. The second-order valence-electron chi connectivity index (χ2n) is 8.95. The molecule has 7 aromatic rings. The summed E-state index contributed by atoms with van der Waals surface area (Å²) < 4.78 is 42.2. The Bertz CT molecular complexity index is 2050. The molecule has 0 bridgehead atoms. The minimum absolute atomic E-state index is 0.196. The van der Waals surface area contributed by atoms with Gasteiger partial charge in [-0.25, -0.2) is 0 Å². The van der Waals surface area contributed by atoms with Gasteiger partial charge < -0.3 is 0 Å². The Balaban J connectivity index is 1.51. The van der Waals surface area contributed by atoms with E-state index < -0.39 is 0 Å². The third-order valence-electron chi connectivity index (χ3n) is 6.96. The first-order chi connectivity index (χ1) is 20.0. The van der Waals surface area contributed by atoms with Crippen LogP contribution in [0.2, 0.25) is 0 Å². The monoisotopic (exact) mass is 461 g/mol. The van der Waals surface area contributed by atoms with Crippen molar-refractivity contribution in [1.82, 2.24) is 0 Å². The van der Waals surface area contributed by atoms with Gasteiger partial charge in [-0.1, -0.05) is 145 Å². The van der Waals surface area contributed by atoms with E-state index in [1.807, 2.05) is 36.4 Å². The summed E-state index contributed by atoms with van der Waals surface area (Å²) in [4.78, 5) is 0. The lowest BCUT2D eigenvalue weighted by atomic mass is 9.85. The van der Waals surface area contributed by atoms with Crippen molar-refractivity contribution in [2.45, 2.75) is 0 Å². The van der Waals surface area contributed by atoms with Crippen molar-refractivity contribution in [3.05, 3.63) is 145 Å². The van der Waals surface area contributed by atoms with Gasteiger partial charge in [0.2, 0.25) is 0 Å². The third-order valence-corrected chi connectivity index (χ3v) is 6.96. The molecule has 7 rings (SSSR count). The zero-order valence-corrected chi connectivity index (χ0v) is 19.5. The van der Waals surface area contributed by atoms with Crippen LogP contribution in [0.25, 0.3) is 65.7 Å². The van der Waals surface area contributed by atoms with E-state index in [1.54, 1.807) is 0 Å². The fraction of sp³-hybridized carbons (Fsp3) is 0. The van der Waals surface area contributed by atoms with Crippen LogP contribution in [0.4, 0.5) is 0 Å². The van der Waals surface area contributed by atoms with Crippen molar-refractivity contribution in [2.24, 2.45) is 0 Å². The van der Waals surface area contributed by atoms with Gasteiger partial charge in [0.25, 0.3) is 0 Å². The van der Waals surface area contributed by atoms with Crippen molar-refractivity contribution in [3.63, 3.8) is 0 Å². The molecule has 168 valence electrons. The second kappa shape index (κ2) is 8.52. The molecular weight excluding hydrogens is 432 g/mol. The molecule has 0 heterocycles. The lowest BCUT2D eigenvalue weighted by Gasteiger charge is -2.18. The van der Waals surface area contributed by atoms with E-state index in [9.17, 15) is 0 Å². The average Bonchev–Trinajstić information content (AvgIpc) is 3.02. The zero-order chi connectivity index (χ0) is 28.2. The highest BCUT2D eigenvalue weighted by Crippen LogP contribution is 2.43. The Kier molecular flexibility index (Phi) is 3.80. The highest BCUT2D eigenvalue weighted by molar-refractivity contribution is 6.21. The van der Waals surface area contributed by atoms with E-state index in [0.29, 0.717) is 5.56 Å². The Morgan fingerprint density at radius 2 is 0.833 bits per heavy atom. The normalized spacial score (nSPS) is 13.3. The van der Waals surface area contributed by atoms with Gasteiger partial charge in [0.15, 0.2) is 0 Å². The van der Waals surface area contributed by atoms with Gasteiger partial charge in [-0.2, -0.15) is 0 Å². The van der Waals surface area contributed by atoms with Gasteiger partial charge in [0, 0.05) is 0 Å². The molecule has 0 aliphatic heterocycles. The average molecular weight is 462 g/mol. The number of benzene rings is 7. The molecule has 0 amide bonds. The van der Waals surface area contributed by atoms with Gasteiger partial charge in [-0.05, 0) is 65.7 Å². The highest BCUT2D eigenvalue weighted by atomic mass is 14.2. The molecule has 7 aromatic carbocycles. The largest absolute Gasteiger partial charge is 0.0629 e. The number of fused-ring (bicyclic) bond motifs is 3. The maximum atomic E-state index is 8.73. The minimum atomic E-state index is -0.389. The summed E-state index contributed by atoms with van der Waals surface area (Å²) in [6, 6.07) is 37.8. The number of hydrogen-bond donors (Lipinski definition) is 0. The SMILES string of the molecule is [2H]c1c([2H])c([2H])c(-c2c3ccccc3c(-c3ccc(-c4cccc5ccccc45)cc3)c3ccccc23)c([2H])c1[2H]. The lowest BCUT2D eigenvalue weighted by Crippen LogP contribution is -1.90. The predicted octanol–water partition coefficient (Wildman–Crippen LogP) is 10.1. The molecule has 0 heteroatoms. The summed E-state index contributed by atoms with van der Waals surface area (Å²) in [5, 5.41) is 6.03. The fourth-order valence-corrected chi connectivity index (χ4v) is 5.38. The van der Waals surface area contributed by atoms with Crippen LogP contribution in [0.5, 0.6) is 0 Å². The quantitative estimate of drug-likeness (QED) is 0.230. The van der Waals surface area contributed by atoms with Crippen molar-refractivity contribution in [2.75, 3.05) is 0 Å². The predicted molar refractivity (Wildman–Crippen MR) is 155 cm³/mol. The van der Waals surface area contributed by atoms with Crippen LogP contribution in [0, 0.1) is 0 Å². The van der Waals surface area contributed by atoms with Crippen molar-refractivity contribution in [1.29, 1.82) is 0 Å². The molecule has 0 saturated heterocycles. The van der Waals surface area contributed by atoms with Gasteiger partial charge in [-0.3, -0.25) is 0 Å². The standard InChI is InChI=1S/C36H24/c1-2-12-27(13-3-1)35-31-16-6-8-18-33(31)36(34-19-9-7-17-32(34)35)28-23-21-26(22-24-28)30-20-10-14-25-11-4-5-15-29(25)30/h1-24H/i1D,2D,3D,12D,13D. The van der Waals surface area contributed by atoms with E-state index in [0.717, 1.165) is 38.2 Å². The topological polar surface area (TPSA) is 0 Å². The molecule has 0 saturated carbocycles. The second-order valence-corrected chi connectivity index (χ2v) is 8.95. The van der Waals surface area contributed by atoms with E-state index in [4.69, 9.17) is 6.85 Å². The first kappa shape index (κ1) is 16.1. The molecule has 0 fully saturated rings. The summed E-state index contributed by atoms with van der Waals surface area (Å²) in [6.45, 7) is 0. The zero-order valence-electron chi connectivity index (χ0n) is 24.5.